The molecular formula is C10H17N3O. The quantitative estimate of drug-likeness (QED) is 0.777. The second kappa shape index (κ2) is 3.92. The van der Waals surface area contributed by atoms with Gasteiger partial charge >= 0.3 is 0 Å². The molecule has 0 aromatic carbocycles. The van der Waals surface area contributed by atoms with Gasteiger partial charge < -0.3 is 10.5 Å². The predicted octanol–water partition coefficient (Wildman–Crippen LogP) is 1.53. The number of hydrogen-bond acceptors (Lipinski definition) is 4. The lowest BCUT2D eigenvalue weighted by molar-refractivity contribution is 0.318. The summed E-state index contributed by atoms with van der Waals surface area (Å²) in [7, 11) is 1.58. The maximum atomic E-state index is 6.05. The summed E-state index contributed by atoms with van der Waals surface area (Å²) in [4.78, 5) is 8.07. The van der Waals surface area contributed by atoms with Crippen LogP contribution in [-0.2, 0) is 0 Å². The molecule has 4 nitrogen and oxygen atoms in total. The second-order valence-corrected chi connectivity index (χ2v) is 4.33. The van der Waals surface area contributed by atoms with Crippen LogP contribution in [0, 0.1) is 5.41 Å². The first kappa shape index (κ1) is 10.9. The minimum atomic E-state index is -0.112. The number of ether oxygens (including phenoxy) is 1. The Balaban J connectivity index is 2.95. The van der Waals surface area contributed by atoms with Crippen molar-refractivity contribution >= 4 is 0 Å². The molecule has 1 unspecified atom stereocenters. The molecule has 1 atom stereocenters. The minimum Gasteiger partial charge on any atom is -0.481 e. The van der Waals surface area contributed by atoms with Gasteiger partial charge in [0.1, 0.15) is 6.33 Å². The van der Waals surface area contributed by atoms with E-state index in [-0.39, 0.29) is 11.5 Å². The van der Waals surface area contributed by atoms with Crippen molar-refractivity contribution in [2.75, 3.05) is 7.11 Å². The van der Waals surface area contributed by atoms with Gasteiger partial charge in [-0.1, -0.05) is 20.8 Å². The van der Waals surface area contributed by atoms with E-state index in [4.69, 9.17) is 10.5 Å². The van der Waals surface area contributed by atoms with E-state index in [2.05, 4.69) is 30.7 Å². The highest BCUT2D eigenvalue weighted by molar-refractivity contribution is 5.17. The fourth-order valence-electron chi connectivity index (χ4n) is 1.08. The first-order valence-corrected chi connectivity index (χ1v) is 4.56. The molecular weight excluding hydrogens is 178 g/mol. The largest absolute Gasteiger partial charge is 0.481 e. The van der Waals surface area contributed by atoms with E-state index >= 15 is 0 Å². The van der Waals surface area contributed by atoms with Gasteiger partial charge in [-0.3, -0.25) is 0 Å². The average molecular weight is 195 g/mol. The van der Waals surface area contributed by atoms with Crippen LogP contribution in [0.5, 0.6) is 5.88 Å². The number of rotatable bonds is 2. The van der Waals surface area contributed by atoms with E-state index in [0.29, 0.717) is 5.88 Å². The van der Waals surface area contributed by atoms with E-state index in [0.717, 1.165) is 5.69 Å². The zero-order chi connectivity index (χ0) is 10.8. The molecule has 0 aliphatic rings. The highest BCUT2D eigenvalue weighted by atomic mass is 16.5. The Morgan fingerprint density at radius 2 is 2.00 bits per heavy atom. The molecule has 0 bridgehead atoms. The van der Waals surface area contributed by atoms with E-state index in [1.54, 1.807) is 13.2 Å². The summed E-state index contributed by atoms with van der Waals surface area (Å²) in [6.45, 7) is 6.23. The molecule has 1 rings (SSSR count). The Morgan fingerprint density at radius 3 is 2.50 bits per heavy atom. The molecule has 0 aliphatic carbocycles. The van der Waals surface area contributed by atoms with Crippen LogP contribution in [0.1, 0.15) is 32.5 Å². The van der Waals surface area contributed by atoms with Crippen molar-refractivity contribution in [3.8, 4) is 5.88 Å². The Morgan fingerprint density at radius 1 is 1.36 bits per heavy atom. The van der Waals surface area contributed by atoms with Crippen LogP contribution in [0.2, 0.25) is 0 Å². The lowest BCUT2D eigenvalue weighted by atomic mass is 9.85. The summed E-state index contributed by atoms with van der Waals surface area (Å²) < 4.78 is 5.01. The van der Waals surface area contributed by atoms with Crippen molar-refractivity contribution in [2.45, 2.75) is 26.8 Å². The van der Waals surface area contributed by atoms with Crippen LogP contribution in [0.15, 0.2) is 12.4 Å². The number of methoxy groups -OCH3 is 1. The second-order valence-electron chi connectivity index (χ2n) is 4.33. The summed E-state index contributed by atoms with van der Waals surface area (Å²) >= 11 is 0. The van der Waals surface area contributed by atoms with E-state index in [1.807, 2.05) is 0 Å². The summed E-state index contributed by atoms with van der Waals surface area (Å²) in [5, 5.41) is 0. The van der Waals surface area contributed by atoms with Gasteiger partial charge in [0.05, 0.1) is 18.8 Å². The molecule has 1 aromatic heterocycles. The van der Waals surface area contributed by atoms with Crippen molar-refractivity contribution in [2.24, 2.45) is 11.1 Å². The smallest absolute Gasteiger partial charge is 0.216 e. The van der Waals surface area contributed by atoms with Gasteiger partial charge in [-0.15, -0.1) is 0 Å². The van der Waals surface area contributed by atoms with Gasteiger partial charge in [-0.25, -0.2) is 9.97 Å². The monoisotopic (exact) mass is 195 g/mol. The molecule has 4 heteroatoms. The maximum absolute atomic E-state index is 6.05. The molecule has 0 spiro atoms. The van der Waals surface area contributed by atoms with Crippen LogP contribution in [0.3, 0.4) is 0 Å². The van der Waals surface area contributed by atoms with E-state index in [9.17, 15) is 0 Å². The highest BCUT2D eigenvalue weighted by Gasteiger charge is 2.23. The Bertz CT molecular complexity index is 306. The molecule has 2 N–H and O–H groups in total. The maximum Gasteiger partial charge on any atom is 0.216 e. The van der Waals surface area contributed by atoms with Gasteiger partial charge in [0.2, 0.25) is 5.88 Å². The van der Waals surface area contributed by atoms with Crippen molar-refractivity contribution in [1.29, 1.82) is 0 Å². The fourth-order valence-corrected chi connectivity index (χ4v) is 1.08. The minimum absolute atomic E-state index is 0.0145. The van der Waals surface area contributed by atoms with Crippen LogP contribution < -0.4 is 10.5 Å². The van der Waals surface area contributed by atoms with Gasteiger partial charge in [0.15, 0.2) is 0 Å². The predicted molar refractivity (Wildman–Crippen MR) is 55.0 cm³/mol. The fraction of sp³-hybridized carbons (Fsp3) is 0.600. The summed E-state index contributed by atoms with van der Waals surface area (Å²) in [5.41, 5.74) is 6.84. The molecule has 78 valence electrons. The van der Waals surface area contributed by atoms with Crippen molar-refractivity contribution < 1.29 is 4.74 Å². The average Bonchev–Trinajstić information content (AvgIpc) is 2.15. The first-order chi connectivity index (χ1) is 6.45. The van der Waals surface area contributed by atoms with Gasteiger partial charge in [-0.2, -0.15) is 0 Å². The van der Waals surface area contributed by atoms with Gasteiger partial charge in [-0.05, 0) is 5.41 Å². The number of aromatic nitrogens is 2. The normalized spacial score (nSPS) is 13.8. The first-order valence-electron chi connectivity index (χ1n) is 4.56. The number of nitrogens with two attached hydrogens (primary N) is 1. The molecule has 0 radical (unpaired) electrons. The summed E-state index contributed by atoms with van der Waals surface area (Å²) in [6.07, 6.45) is 1.47. The Labute approximate surface area is 84.5 Å². The van der Waals surface area contributed by atoms with Crippen molar-refractivity contribution in [3.05, 3.63) is 18.1 Å². The molecule has 0 aliphatic heterocycles. The number of hydrogen-bond donors (Lipinski definition) is 1. The molecule has 1 heterocycles. The topological polar surface area (TPSA) is 61.0 Å². The SMILES string of the molecule is COc1cc(C(N)C(C)(C)C)ncn1. The number of nitrogens with zero attached hydrogens (tertiary/aromatic N) is 2. The van der Waals surface area contributed by atoms with E-state index < -0.39 is 0 Å². The van der Waals surface area contributed by atoms with Crippen LogP contribution >= 0.6 is 0 Å². The third-order valence-corrected chi connectivity index (χ3v) is 2.12. The molecule has 1 aromatic rings. The zero-order valence-corrected chi connectivity index (χ0v) is 9.11. The van der Waals surface area contributed by atoms with Crippen LogP contribution in [0.25, 0.3) is 0 Å². The molecule has 0 saturated heterocycles. The van der Waals surface area contributed by atoms with Crippen LogP contribution in [0.4, 0.5) is 0 Å². The Kier molecular flexibility index (Phi) is 3.06. The van der Waals surface area contributed by atoms with Crippen LogP contribution in [-0.4, -0.2) is 17.1 Å². The lowest BCUT2D eigenvalue weighted by Crippen LogP contribution is -2.27. The Hall–Kier alpha value is -1.16. The molecule has 0 saturated carbocycles. The van der Waals surface area contributed by atoms with Crippen molar-refractivity contribution in [1.82, 2.24) is 9.97 Å². The van der Waals surface area contributed by atoms with Crippen molar-refractivity contribution in [3.63, 3.8) is 0 Å². The molecule has 14 heavy (non-hydrogen) atoms. The third kappa shape index (κ3) is 2.42. The standard InChI is InChI=1S/C10H17N3O/c1-10(2,3)9(11)7-5-8(14-4)13-6-12-7/h5-6,9H,11H2,1-4H3. The van der Waals surface area contributed by atoms with Gasteiger partial charge in [0, 0.05) is 6.07 Å². The molecule has 0 fully saturated rings. The zero-order valence-electron chi connectivity index (χ0n) is 9.11. The van der Waals surface area contributed by atoms with E-state index in [1.165, 1.54) is 6.33 Å². The highest BCUT2D eigenvalue weighted by Crippen LogP contribution is 2.29. The summed E-state index contributed by atoms with van der Waals surface area (Å²) in [5.74, 6) is 0.551. The summed E-state index contributed by atoms with van der Waals surface area (Å²) in [6, 6.07) is 1.66. The van der Waals surface area contributed by atoms with Gasteiger partial charge in [0.25, 0.3) is 0 Å². The molecule has 0 amide bonds. The third-order valence-electron chi connectivity index (χ3n) is 2.12. The lowest BCUT2D eigenvalue weighted by Gasteiger charge is -2.26.